The number of fused-ring (bicyclic) bond motifs is 1. The van der Waals surface area contributed by atoms with Crippen LogP contribution in [0.25, 0.3) is 11.2 Å². The second-order valence-corrected chi connectivity index (χ2v) is 9.65. The van der Waals surface area contributed by atoms with Crippen LogP contribution in [0.4, 0.5) is 16.3 Å². The minimum atomic E-state index is -0.531. The van der Waals surface area contributed by atoms with Crippen LogP contribution >= 0.6 is 0 Å². The van der Waals surface area contributed by atoms with Gasteiger partial charge < -0.3 is 24.4 Å². The van der Waals surface area contributed by atoms with Crippen molar-refractivity contribution in [1.29, 1.82) is 0 Å². The normalized spacial score (nSPS) is 14.2. The van der Waals surface area contributed by atoms with Gasteiger partial charge in [-0.15, -0.1) is 0 Å². The fourth-order valence-corrected chi connectivity index (χ4v) is 3.97. The van der Waals surface area contributed by atoms with Crippen LogP contribution in [0.2, 0.25) is 0 Å². The predicted molar refractivity (Wildman–Crippen MR) is 133 cm³/mol. The molecular formula is C23H30N8O5. The molecule has 3 aromatic heterocycles. The molecule has 0 unspecified atom stereocenters. The molecule has 0 radical (unpaired) electrons. The van der Waals surface area contributed by atoms with Crippen LogP contribution in [0, 0.1) is 0 Å². The molecular weight excluding hydrogens is 468 g/mol. The highest BCUT2D eigenvalue weighted by molar-refractivity contribution is 5.90. The number of nitrogens with one attached hydrogen (secondary N) is 1. The molecule has 0 atom stereocenters. The van der Waals surface area contributed by atoms with Gasteiger partial charge in [0.1, 0.15) is 18.0 Å². The Morgan fingerprint density at radius 3 is 2.33 bits per heavy atom. The number of amides is 2. The summed E-state index contributed by atoms with van der Waals surface area (Å²) in [6.07, 6.45) is 2.71. The SMILES string of the molecule is Cn1c(=O)c2c(ncn2CC(=O)Nc2ccc(N3CCN(C(=O)OC(C)(C)C)CC3)cn2)n(C)c1=O. The van der Waals surface area contributed by atoms with Crippen molar-refractivity contribution in [3.63, 3.8) is 0 Å². The summed E-state index contributed by atoms with van der Waals surface area (Å²) < 4.78 is 9.08. The number of carbonyl (C=O) groups excluding carboxylic acids is 2. The van der Waals surface area contributed by atoms with E-state index in [2.05, 4.69) is 20.2 Å². The van der Waals surface area contributed by atoms with Crippen LogP contribution in [0.1, 0.15) is 20.8 Å². The molecule has 13 nitrogen and oxygen atoms in total. The Bertz CT molecular complexity index is 1410. The number of aryl methyl sites for hydroxylation is 1. The molecule has 4 rings (SSSR count). The second-order valence-electron chi connectivity index (χ2n) is 9.65. The zero-order valence-electron chi connectivity index (χ0n) is 21.0. The van der Waals surface area contributed by atoms with Gasteiger partial charge in [0.15, 0.2) is 11.2 Å². The lowest BCUT2D eigenvalue weighted by atomic mass is 10.2. The maximum atomic E-state index is 12.6. The molecule has 0 bridgehead atoms. The van der Waals surface area contributed by atoms with Crippen molar-refractivity contribution in [3.05, 3.63) is 45.5 Å². The number of hydrogen-bond acceptors (Lipinski definition) is 8. The number of nitrogens with zero attached hydrogens (tertiary/aromatic N) is 7. The molecule has 192 valence electrons. The van der Waals surface area contributed by atoms with Gasteiger partial charge in [-0.1, -0.05) is 0 Å². The van der Waals surface area contributed by atoms with Crippen molar-refractivity contribution in [2.75, 3.05) is 36.4 Å². The number of ether oxygens (including phenoxy) is 1. The fourth-order valence-electron chi connectivity index (χ4n) is 3.97. The van der Waals surface area contributed by atoms with Gasteiger partial charge in [0, 0.05) is 40.3 Å². The highest BCUT2D eigenvalue weighted by atomic mass is 16.6. The van der Waals surface area contributed by atoms with Crippen LogP contribution in [0.5, 0.6) is 0 Å². The summed E-state index contributed by atoms with van der Waals surface area (Å²) in [5.41, 5.74) is -0.280. The van der Waals surface area contributed by atoms with E-state index >= 15 is 0 Å². The molecule has 3 aromatic rings. The van der Waals surface area contributed by atoms with Crippen LogP contribution in [-0.2, 0) is 30.2 Å². The third-order valence-corrected chi connectivity index (χ3v) is 5.84. The molecule has 2 amide bonds. The van der Waals surface area contributed by atoms with Gasteiger partial charge in [0.05, 0.1) is 18.2 Å². The average Bonchev–Trinajstić information content (AvgIpc) is 3.24. The predicted octanol–water partition coefficient (Wildman–Crippen LogP) is 0.525. The minimum Gasteiger partial charge on any atom is -0.444 e. The Labute approximate surface area is 206 Å². The lowest BCUT2D eigenvalue weighted by Gasteiger charge is -2.36. The molecule has 1 N–H and O–H groups in total. The quantitative estimate of drug-likeness (QED) is 0.550. The van der Waals surface area contributed by atoms with Crippen molar-refractivity contribution in [3.8, 4) is 0 Å². The van der Waals surface area contributed by atoms with Crippen LogP contribution in [-0.4, -0.2) is 72.3 Å². The van der Waals surface area contributed by atoms with Crippen molar-refractivity contribution in [1.82, 2.24) is 28.6 Å². The topological polar surface area (TPSA) is 137 Å². The van der Waals surface area contributed by atoms with E-state index < -0.39 is 22.8 Å². The van der Waals surface area contributed by atoms with E-state index in [9.17, 15) is 19.2 Å². The maximum absolute atomic E-state index is 12.6. The largest absolute Gasteiger partial charge is 0.444 e. The fraction of sp³-hybridized carbons (Fsp3) is 0.478. The van der Waals surface area contributed by atoms with E-state index in [4.69, 9.17) is 4.74 Å². The Kier molecular flexibility index (Phi) is 6.57. The number of imidazole rings is 1. The highest BCUT2D eigenvalue weighted by Crippen LogP contribution is 2.19. The number of aromatic nitrogens is 5. The first-order valence-corrected chi connectivity index (χ1v) is 11.5. The van der Waals surface area contributed by atoms with E-state index in [0.717, 1.165) is 10.3 Å². The van der Waals surface area contributed by atoms with Gasteiger partial charge in [0.2, 0.25) is 5.91 Å². The number of anilines is 2. The lowest BCUT2D eigenvalue weighted by Crippen LogP contribution is -2.50. The zero-order chi connectivity index (χ0) is 26.2. The second kappa shape index (κ2) is 9.47. The Hall–Kier alpha value is -4.16. The summed E-state index contributed by atoms with van der Waals surface area (Å²) in [4.78, 5) is 61.7. The monoisotopic (exact) mass is 498 g/mol. The highest BCUT2D eigenvalue weighted by Gasteiger charge is 2.26. The summed E-state index contributed by atoms with van der Waals surface area (Å²) in [7, 11) is 2.90. The van der Waals surface area contributed by atoms with Gasteiger partial charge in [0.25, 0.3) is 5.56 Å². The Balaban J connectivity index is 1.37. The third-order valence-electron chi connectivity index (χ3n) is 5.84. The third kappa shape index (κ3) is 5.09. The molecule has 0 aromatic carbocycles. The zero-order valence-corrected chi connectivity index (χ0v) is 21.0. The molecule has 0 saturated carbocycles. The summed E-state index contributed by atoms with van der Waals surface area (Å²) >= 11 is 0. The lowest BCUT2D eigenvalue weighted by molar-refractivity contribution is -0.116. The molecule has 1 saturated heterocycles. The van der Waals surface area contributed by atoms with E-state index in [1.165, 1.54) is 29.6 Å². The number of pyridine rings is 1. The molecule has 36 heavy (non-hydrogen) atoms. The van der Waals surface area contributed by atoms with Gasteiger partial charge in [-0.3, -0.25) is 18.7 Å². The first kappa shape index (κ1) is 24.9. The summed E-state index contributed by atoms with van der Waals surface area (Å²) in [6.45, 7) is 7.71. The van der Waals surface area contributed by atoms with Crippen molar-refractivity contribution in [2.24, 2.45) is 14.1 Å². The van der Waals surface area contributed by atoms with Crippen LogP contribution in [0.15, 0.2) is 34.2 Å². The van der Waals surface area contributed by atoms with Crippen LogP contribution < -0.4 is 21.5 Å². The number of piperazine rings is 1. The number of rotatable bonds is 4. The van der Waals surface area contributed by atoms with Crippen molar-refractivity contribution < 1.29 is 14.3 Å². The summed E-state index contributed by atoms with van der Waals surface area (Å²) in [5.74, 6) is -0.0303. The molecule has 1 aliphatic rings. The van der Waals surface area contributed by atoms with Gasteiger partial charge in [-0.25, -0.2) is 19.6 Å². The summed E-state index contributed by atoms with van der Waals surface area (Å²) in [6, 6.07) is 3.55. The van der Waals surface area contributed by atoms with E-state index in [-0.39, 0.29) is 23.8 Å². The van der Waals surface area contributed by atoms with Crippen LogP contribution in [0.3, 0.4) is 0 Å². The number of hydrogen-bond donors (Lipinski definition) is 1. The Morgan fingerprint density at radius 1 is 1.03 bits per heavy atom. The molecule has 4 heterocycles. The molecule has 13 heteroatoms. The van der Waals surface area contributed by atoms with Gasteiger partial charge >= 0.3 is 11.8 Å². The van der Waals surface area contributed by atoms with Gasteiger partial charge in [-0.2, -0.15) is 0 Å². The van der Waals surface area contributed by atoms with Crippen molar-refractivity contribution in [2.45, 2.75) is 32.9 Å². The van der Waals surface area contributed by atoms with E-state index in [1.54, 1.807) is 17.2 Å². The van der Waals surface area contributed by atoms with E-state index in [0.29, 0.717) is 32.0 Å². The molecule has 0 aliphatic carbocycles. The maximum Gasteiger partial charge on any atom is 0.410 e. The molecule has 1 fully saturated rings. The standard InChI is InChI=1S/C23H30N8O5/c1-23(2,3)36-22(35)30-10-8-29(9-11-30)15-6-7-16(24-12-15)26-17(32)13-31-14-25-19-18(31)20(33)28(5)21(34)27(19)4/h6-7,12,14H,8-11,13H2,1-5H3,(H,24,26,32). The minimum absolute atomic E-state index is 0.167. The first-order valence-electron chi connectivity index (χ1n) is 11.5. The average molecular weight is 499 g/mol. The number of carbonyl (C=O) groups is 2. The van der Waals surface area contributed by atoms with E-state index in [1.807, 2.05) is 26.8 Å². The Morgan fingerprint density at radius 2 is 1.72 bits per heavy atom. The molecule has 0 spiro atoms. The molecule has 1 aliphatic heterocycles. The summed E-state index contributed by atoms with van der Waals surface area (Å²) in [5, 5.41) is 2.71. The smallest absolute Gasteiger partial charge is 0.410 e. The first-order chi connectivity index (χ1) is 16.9. The van der Waals surface area contributed by atoms with Crippen molar-refractivity contribution >= 4 is 34.7 Å². The van der Waals surface area contributed by atoms with Gasteiger partial charge in [-0.05, 0) is 32.9 Å².